The van der Waals surface area contributed by atoms with E-state index in [-0.39, 0.29) is 5.91 Å². The lowest BCUT2D eigenvalue weighted by atomic mass is 10.4. The highest BCUT2D eigenvalue weighted by Crippen LogP contribution is 2.19. The maximum Gasteiger partial charge on any atom is 0.230 e. The van der Waals surface area contributed by atoms with Gasteiger partial charge in [-0.1, -0.05) is 29.8 Å². The van der Waals surface area contributed by atoms with E-state index in [1.807, 2.05) is 12.1 Å². The summed E-state index contributed by atoms with van der Waals surface area (Å²) >= 11 is 12.7. The fourth-order valence-corrected chi connectivity index (χ4v) is 1.85. The SMILES string of the molecule is C=C(Cl)CNC(=O)CSc1ccc(Cl)cc1. The van der Waals surface area contributed by atoms with Crippen LogP contribution in [0, 0.1) is 0 Å². The Morgan fingerprint density at radius 2 is 2.00 bits per heavy atom. The summed E-state index contributed by atoms with van der Waals surface area (Å²) in [5.41, 5.74) is 0. The maximum absolute atomic E-state index is 11.3. The molecule has 0 spiro atoms. The molecule has 0 aliphatic carbocycles. The molecular weight excluding hydrogens is 265 g/mol. The zero-order valence-corrected chi connectivity index (χ0v) is 10.8. The van der Waals surface area contributed by atoms with Crippen molar-refractivity contribution in [1.29, 1.82) is 0 Å². The molecule has 1 N–H and O–H groups in total. The molecular formula is C11H11Cl2NOS. The molecule has 1 aromatic carbocycles. The Hall–Kier alpha value is -0.640. The van der Waals surface area contributed by atoms with Crippen LogP contribution in [-0.2, 0) is 4.79 Å². The molecule has 0 aliphatic heterocycles. The average molecular weight is 276 g/mol. The average Bonchev–Trinajstić information content (AvgIpc) is 2.25. The summed E-state index contributed by atoms with van der Waals surface area (Å²) in [6.07, 6.45) is 0. The Kier molecular flexibility index (Phi) is 5.74. The molecule has 0 atom stereocenters. The monoisotopic (exact) mass is 275 g/mol. The van der Waals surface area contributed by atoms with Gasteiger partial charge in [-0.2, -0.15) is 0 Å². The summed E-state index contributed by atoms with van der Waals surface area (Å²) < 4.78 is 0. The van der Waals surface area contributed by atoms with Gasteiger partial charge in [0.25, 0.3) is 0 Å². The molecule has 0 fully saturated rings. The van der Waals surface area contributed by atoms with Crippen molar-refractivity contribution in [3.63, 3.8) is 0 Å². The standard InChI is InChI=1S/C11H11Cl2NOS/c1-8(12)6-14-11(15)7-16-10-4-2-9(13)3-5-10/h2-5H,1,6-7H2,(H,14,15). The second kappa shape index (κ2) is 6.84. The molecule has 16 heavy (non-hydrogen) atoms. The normalized spacial score (nSPS) is 9.88. The first kappa shape index (κ1) is 13.4. The number of nitrogens with one attached hydrogen (secondary N) is 1. The highest BCUT2D eigenvalue weighted by molar-refractivity contribution is 8.00. The molecule has 0 aliphatic rings. The third-order valence-corrected chi connectivity index (χ3v) is 3.06. The minimum absolute atomic E-state index is 0.0678. The van der Waals surface area contributed by atoms with E-state index in [9.17, 15) is 4.79 Å². The van der Waals surface area contributed by atoms with E-state index in [0.29, 0.717) is 22.4 Å². The van der Waals surface area contributed by atoms with Crippen molar-refractivity contribution in [2.75, 3.05) is 12.3 Å². The first-order valence-corrected chi connectivity index (χ1v) is 6.30. The summed E-state index contributed by atoms with van der Waals surface area (Å²) in [6, 6.07) is 7.34. The number of benzene rings is 1. The van der Waals surface area contributed by atoms with E-state index in [1.165, 1.54) is 11.8 Å². The molecule has 1 rings (SSSR count). The predicted octanol–water partition coefficient (Wildman–Crippen LogP) is 3.30. The summed E-state index contributed by atoms with van der Waals surface area (Å²) in [6.45, 7) is 3.79. The van der Waals surface area contributed by atoms with Gasteiger partial charge in [-0.25, -0.2) is 0 Å². The van der Waals surface area contributed by atoms with Crippen LogP contribution in [0.5, 0.6) is 0 Å². The van der Waals surface area contributed by atoms with Crippen LogP contribution in [0.3, 0.4) is 0 Å². The fourth-order valence-electron chi connectivity index (χ4n) is 0.925. The second-order valence-corrected chi connectivity index (χ2v) is 5.06. The first-order valence-electron chi connectivity index (χ1n) is 4.56. The van der Waals surface area contributed by atoms with Gasteiger partial charge in [-0.3, -0.25) is 4.79 Å². The molecule has 2 nitrogen and oxygen atoms in total. The number of halogens is 2. The Morgan fingerprint density at radius 1 is 1.38 bits per heavy atom. The van der Waals surface area contributed by atoms with Crippen molar-refractivity contribution in [2.24, 2.45) is 0 Å². The summed E-state index contributed by atoms with van der Waals surface area (Å²) in [5.74, 6) is 0.285. The molecule has 0 unspecified atom stereocenters. The quantitative estimate of drug-likeness (QED) is 0.836. The van der Waals surface area contributed by atoms with E-state index in [0.717, 1.165) is 4.90 Å². The highest BCUT2D eigenvalue weighted by Gasteiger charge is 2.02. The van der Waals surface area contributed by atoms with Gasteiger partial charge in [0.15, 0.2) is 0 Å². The van der Waals surface area contributed by atoms with Crippen molar-refractivity contribution in [2.45, 2.75) is 4.90 Å². The molecule has 0 radical (unpaired) electrons. The van der Waals surface area contributed by atoms with Crippen molar-refractivity contribution < 1.29 is 4.79 Å². The fraction of sp³-hybridized carbons (Fsp3) is 0.182. The zero-order chi connectivity index (χ0) is 12.0. The van der Waals surface area contributed by atoms with Gasteiger partial charge in [0.05, 0.1) is 12.3 Å². The number of amides is 1. The lowest BCUT2D eigenvalue weighted by molar-refractivity contribution is -0.118. The van der Waals surface area contributed by atoms with Crippen LogP contribution >= 0.6 is 35.0 Å². The Morgan fingerprint density at radius 3 is 2.56 bits per heavy atom. The Bertz CT molecular complexity index is 378. The summed E-state index contributed by atoms with van der Waals surface area (Å²) in [5, 5.41) is 3.75. The first-order chi connectivity index (χ1) is 7.58. The Balaban J connectivity index is 2.31. The minimum atomic E-state index is -0.0678. The summed E-state index contributed by atoms with van der Waals surface area (Å²) in [7, 11) is 0. The molecule has 5 heteroatoms. The largest absolute Gasteiger partial charge is 0.350 e. The van der Waals surface area contributed by atoms with E-state index < -0.39 is 0 Å². The van der Waals surface area contributed by atoms with Crippen molar-refractivity contribution in [3.8, 4) is 0 Å². The highest BCUT2D eigenvalue weighted by atomic mass is 35.5. The van der Waals surface area contributed by atoms with Gasteiger partial charge in [0.2, 0.25) is 5.91 Å². The van der Waals surface area contributed by atoms with E-state index >= 15 is 0 Å². The number of carbonyl (C=O) groups is 1. The number of hydrogen-bond donors (Lipinski definition) is 1. The number of rotatable bonds is 5. The third-order valence-electron chi connectivity index (χ3n) is 1.66. The third kappa shape index (κ3) is 5.45. The topological polar surface area (TPSA) is 29.1 Å². The number of carbonyl (C=O) groups excluding carboxylic acids is 1. The molecule has 1 amide bonds. The Labute approximate surface area is 109 Å². The van der Waals surface area contributed by atoms with Gasteiger partial charge in [0, 0.05) is 15.0 Å². The van der Waals surface area contributed by atoms with Gasteiger partial charge < -0.3 is 5.32 Å². The van der Waals surface area contributed by atoms with E-state index in [4.69, 9.17) is 23.2 Å². The zero-order valence-electron chi connectivity index (χ0n) is 8.50. The van der Waals surface area contributed by atoms with Crippen LogP contribution in [0.1, 0.15) is 0 Å². The lowest BCUT2D eigenvalue weighted by Gasteiger charge is -2.03. The molecule has 0 saturated heterocycles. The van der Waals surface area contributed by atoms with Crippen molar-refractivity contribution in [3.05, 3.63) is 40.9 Å². The molecule has 86 valence electrons. The molecule has 0 bridgehead atoms. The second-order valence-electron chi connectivity index (χ2n) is 3.04. The van der Waals surface area contributed by atoms with Crippen LogP contribution in [-0.4, -0.2) is 18.2 Å². The van der Waals surface area contributed by atoms with Crippen LogP contribution in [0.15, 0.2) is 40.8 Å². The van der Waals surface area contributed by atoms with Crippen LogP contribution in [0.2, 0.25) is 5.02 Å². The number of thioether (sulfide) groups is 1. The predicted molar refractivity (Wildman–Crippen MR) is 70.2 cm³/mol. The van der Waals surface area contributed by atoms with Crippen molar-refractivity contribution in [1.82, 2.24) is 5.32 Å². The van der Waals surface area contributed by atoms with E-state index in [2.05, 4.69) is 11.9 Å². The van der Waals surface area contributed by atoms with Gasteiger partial charge >= 0.3 is 0 Å². The van der Waals surface area contributed by atoms with Crippen LogP contribution in [0.25, 0.3) is 0 Å². The van der Waals surface area contributed by atoms with Gasteiger partial charge in [-0.05, 0) is 24.3 Å². The lowest BCUT2D eigenvalue weighted by Crippen LogP contribution is -2.26. The molecule has 0 heterocycles. The smallest absolute Gasteiger partial charge is 0.230 e. The van der Waals surface area contributed by atoms with Crippen molar-refractivity contribution >= 4 is 40.9 Å². The number of hydrogen-bond acceptors (Lipinski definition) is 2. The van der Waals surface area contributed by atoms with Crippen LogP contribution in [0.4, 0.5) is 0 Å². The summed E-state index contributed by atoms with van der Waals surface area (Å²) in [4.78, 5) is 12.3. The van der Waals surface area contributed by atoms with Gasteiger partial charge in [0.1, 0.15) is 0 Å². The van der Waals surface area contributed by atoms with Crippen LogP contribution < -0.4 is 5.32 Å². The maximum atomic E-state index is 11.3. The molecule has 0 aromatic heterocycles. The molecule has 1 aromatic rings. The molecule has 0 saturated carbocycles. The minimum Gasteiger partial charge on any atom is -0.350 e. The van der Waals surface area contributed by atoms with E-state index in [1.54, 1.807) is 12.1 Å². The van der Waals surface area contributed by atoms with Gasteiger partial charge in [-0.15, -0.1) is 11.8 Å².